The van der Waals surface area contributed by atoms with Crippen LogP contribution in [0.2, 0.25) is 0 Å². The van der Waals surface area contributed by atoms with Gasteiger partial charge in [0.1, 0.15) is 11.3 Å². The number of fused-ring (bicyclic) bond motifs is 2. The molecule has 4 aromatic rings. The lowest BCUT2D eigenvalue weighted by molar-refractivity contribution is 0.357. The summed E-state index contributed by atoms with van der Waals surface area (Å²) < 4.78 is 8.25. The summed E-state index contributed by atoms with van der Waals surface area (Å²) in [7, 11) is 0. The number of aromatic nitrogens is 4. The van der Waals surface area contributed by atoms with Crippen LogP contribution in [-0.4, -0.2) is 19.5 Å². The molecule has 5 rings (SSSR count). The Morgan fingerprint density at radius 1 is 0.923 bits per heavy atom. The molecule has 130 valence electrons. The van der Waals surface area contributed by atoms with E-state index < -0.39 is 0 Å². The second-order valence-electron chi connectivity index (χ2n) is 6.88. The molecule has 0 spiro atoms. The maximum Gasteiger partial charge on any atom is 0.324 e. The van der Waals surface area contributed by atoms with Gasteiger partial charge in [-0.1, -0.05) is 55.7 Å². The van der Waals surface area contributed by atoms with Crippen molar-refractivity contribution >= 4 is 21.9 Å². The highest BCUT2D eigenvalue weighted by Gasteiger charge is 2.19. The van der Waals surface area contributed by atoms with Crippen molar-refractivity contribution in [1.82, 2.24) is 19.5 Å². The van der Waals surface area contributed by atoms with Crippen molar-refractivity contribution in [2.24, 2.45) is 0 Å². The number of hydrogen-bond acceptors (Lipinski definition) is 4. The fraction of sp³-hybridized carbons (Fsp3) is 0.286. The molecule has 0 aliphatic heterocycles. The molecule has 0 unspecified atom stereocenters. The highest BCUT2D eigenvalue weighted by Crippen LogP contribution is 2.32. The van der Waals surface area contributed by atoms with Crippen LogP contribution in [-0.2, 0) is 0 Å². The third-order valence-corrected chi connectivity index (χ3v) is 5.21. The van der Waals surface area contributed by atoms with Crippen LogP contribution in [0.3, 0.4) is 0 Å². The highest BCUT2D eigenvalue weighted by atomic mass is 16.5. The molecule has 0 saturated heterocycles. The maximum absolute atomic E-state index is 6.05. The minimum absolute atomic E-state index is 0.367. The van der Waals surface area contributed by atoms with E-state index in [2.05, 4.69) is 37.7 Å². The van der Waals surface area contributed by atoms with Crippen molar-refractivity contribution in [1.29, 1.82) is 0 Å². The standard InChI is InChI=1S/C21H20N4O/c1-2-9-16(10-3-1)25-14-23-18-13-22-21(24-20(18)25)26-19-12-6-8-15-7-4-5-11-17(15)19/h4-8,11-14,16H,1-3,9-10H2. The normalized spacial score (nSPS) is 15.5. The molecule has 1 aliphatic rings. The van der Waals surface area contributed by atoms with Gasteiger partial charge >= 0.3 is 6.01 Å². The van der Waals surface area contributed by atoms with Gasteiger partial charge in [-0.3, -0.25) is 0 Å². The summed E-state index contributed by atoms with van der Waals surface area (Å²) in [6, 6.07) is 15.0. The number of nitrogens with zero attached hydrogens (tertiary/aromatic N) is 4. The van der Waals surface area contributed by atoms with E-state index in [1.54, 1.807) is 6.20 Å². The van der Waals surface area contributed by atoms with Crippen molar-refractivity contribution in [3.8, 4) is 11.8 Å². The van der Waals surface area contributed by atoms with Gasteiger partial charge in [0.25, 0.3) is 0 Å². The molecular weight excluding hydrogens is 324 g/mol. The van der Waals surface area contributed by atoms with E-state index in [1.165, 1.54) is 32.1 Å². The number of ether oxygens (including phenoxy) is 1. The predicted molar refractivity (Wildman–Crippen MR) is 101 cm³/mol. The van der Waals surface area contributed by atoms with Crippen LogP contribution in [0, 0.1) is 0 Å². The minimum Gasteiger partial charge on any atom is -0.424 e. The third kappa shape index (κ3) is 2.69. The zero-order valence-corrected chi connectivity index (χ0v) is 14.5. The first-order valence-electron chi connectivity index (χ1n) is 9.24. The Hall–Kier alpha value is -2.95. The van der Waals surface area contributed by atoms with E-state index in [-0.39, 0.29) is 0 Å². The summed E-state index contributed by atoms with van der Waals surface area (Å²) in [5.74, 6) is 0.770. The molecule has 5 nitrogen and oxygen atoms in total. The van der Waals surface area contributed by atoms with E-state index in [0.29, 0.717) is 12.1 Å². The number of imidazole rings is 1. The fourth-order valence-electron chi connectivity index (χ4n) is 3.87. The van der Waals surface area contributed by atoms with Gasteiger partial charge in [0, 0.05) is 11.4 Å². The van der Waals surface area contributed by atoms with E-state index in [9.17, 15) is 0 Å². The molecule has 2 aromatic carbocycles. The SMILES string of the molecule is c1ccc2c(Oc3ncc4ncn(C5CCCCC5)c4n3)cccc2c1. The van der Waals surface area contributed by atoms with Gasteiger partial charge in [-0.05, 0) is 24.3 Å². The monoisotopic (exact) mass is 344 g/mol. The summed E-state index contributed by atoms with van der Waals surface area (Å²) in [5, 5.41) is 2.19. The Morgan fingerprint density at radius 2 is 1.77 bits per heavy atom. The number of benzene rings is 2. The third-order valence-electron chi connectivity index (χ3n) is 5.21. The van der Waals surface area contributed by atoms with Gasteiger partial charge in [0.2, 0.25) is 0 Å². The molecule has 0 bridgehead atoms. The van der Waals surface area contributed by atoms with Crippen LogP contribution in [0.15, 0.2) is 55.0 Å². The van der Waals surface area contributed by atoms with Crippen molar-refractivity contribution in [2.75, 3.05) is 0 Å². The Labute approximate surface area is 151 Å². The zero-order chi connectivity index (χ0) is 17.3. The zero-order valence-electron chi connectivity index (χ0n) is 14.5. The second kappa shape index (κ2) is 6.41. The molecule has 0 radical (unpaired) electrons. The van der Waals surface area contributed by atoms with E-state index in [0.717, 1.165) is 27.7 Å². The molecule has 0 amide bonds. The average molecular weight is 344 g/mol. The summed E-state index contributed by atoms with van der Waals surface area (Å²) >= 11 is 0. The van der Waals surface area contributed by atoms with Gasteiger partial charge in [0.15, 0.2) is 5.65 Å². The first-order chi connectivity index (χ1) is 12.9. The lowest BCUT2D eigenvalue weighted by atomic mass is 9.95. The van der Waals surface area contributed by atoms with Crippen molar-refractivity contribution in [3.63, 3.8) is 0 Å². The van der Waals surface area contributed by atoms with Gasteiger partial charge < -0.3 is 9.30 Å². The maximum atomic E-state index is 6.05. The van der Waals surface area contributed by atoms with Gasteiger partial charge in [0.05, 0.1) is 12.5 Å². The highest BCUT2D eigenvalue weighted by molar-refractivity contribution is 5.88. The smallest absolute Gasteiger partial charge is 0.324 e. The molecule has 1 fully saturated rings. The number of rotatable bonds is 3. The Morgan fingerprint density at radius 3 is 2.69 bits per heavy atom. The number of hydrogen-bond donors (Lipinski definition) is 0. The van der Waals surface area contributed by atoms with Crippen molar-refractivity contribution in [2.45, 2.75) is 38.1 Å². The van der Waals surface area contributed by atoms with Crippen LogP contribution in [0.4, 0.5) is 0 Å². The van der Waals surface area contributed by atoms with Crippen molar-refractivity contribution in [3.05, 3.63) is 55.0 Å². The van der Waals surface area contributed by atoms with Crippen LogP contribution in [0.25, 0.3) is 21.9 Å². The van der Waals surface area contributed by atoms with Crippen LogP contribution in [0.1, 0.15) is 38.1 Å². The Kier molecular flexibility index (Phi) is 3.77. The van der Waals surface area contributed by atoms with Crippen molar-refractivity contribution < 1.29 is 4.74 Å². The van der Waals surface area contributed by atoms with E-state index >= 15 is 0 Å². The summed E-state index contributed by atoms with van der Waals surface area (Å²) in [6.45, 7) is 0. The first kappa shape index (κ1) is 15.3. The molecule has 2 heterocycles. The van der Waals surface area contributed by atoms with Gasteiger partial charge in [-0.15, -0.1) is 0 Å². The van der Waals surface area contributed by atoms with Gasteiger partial charge in [-0.2, -0.15) is 4.98 Å². The van der Waals surface area contributed by atoms with E-state index in [1.807, 2.05) is 30.6 Å². The Balaban J connectivity index is 1.53. The molecule has 0 N–H and O–H groups in total. The molecule has 0 atom stereocenters. The fourth-order valence-corrected chi connectivity index (χ4v) is 3.87. The largest absolute Gasteiger partial charge is 0.424 e. The second-order valence-corrected chi connectivity index (χ2v) is 6.88. The average Bonchev–Trinajstić information content (AvgIpc) is 3.12. The van der Waals surface area contributed by atoms with Crippen LogP contribution >= 0.6 is 0 Å². The minimum atomic E-state index is 0.367. The summed E-state index contributed by atoms with van der Waals surface area (Å²) in [4.78, 5) is 13.5. The molecular formula is C21H20N4O. The summed E-state index contributed by atoms with van der Waals surface area (Å²) in [5.41, 5.74) is 1.68. The first-order valence-corrected chi connectivity index (χ1v) is 9.24. The summed E-state index contributed by atoms with van der Waals surface area (Å²) in [6.07, 6.45) is 9.90. The lowest BCUT2D eigenvalue weighted by Crippen LogP contribution is -2.12. The van der Waals surface area contributed by atoms with Crippen LogP contribution in [0.5, 0.6) is 11.8 Å². The Bertz CT molecular complexity index is 1060. The molecule has 1 saturated carbocycles. The topological polar surface area (TPSA) is 52.8 Å². The quantitative estimate of drug-likeness (QED) is 0.507. The molecule has 1 aliphatic carbocycles. The molecule has 2 aromatic heterocycles. The van der Waals surface area contributed by atoms with E-state index in [4.69, 9.17) is 4.74 Å². The molecule has 26 heavy (non-hydrogen) atoms. The lowest BCUT2D eigenvalue weighted by Gasteiger charge is -2.23. The van der Waals surface area contributed by atoms with Crippen LogP contribution < -0.4 is 4.74 Å². The van der Waals surface area contributed by atoms with Gasteiger partial charge in [-0.25, -0.2) is 9.97 Å². The predicted octanol–water partition coefficient (Wildman–Crippen LogP) is 5.28. The molecule has 5 heteroatoms.